The van der Waals surface area contributed by atoms with E-state index in [-0.39, 0.29) is 12.8 Å². The molecule has 1 saturated carbocycles. The number of methoxy groups -OCH3 is 1. The number of aliphatic hydroxyl groups is 1. The lowest BCUT2D eigenvalue weighted by molar-refractivity contribution is 0.0600. The van der Waals surface area contributed by atoms with Crippen LogP contribution in [-0.4, -0.2) is 29.5 Å². The van der Waals surface area contributed by atoms with E-state index >= 15 is 0 Å². The minimum Gasteiger partial charge on any atom is -0.465 e. The average molecular weight is 405 g/mol. The number of hydrogen-bond acceptors (Lipinski definition) is 5. The van der Waals surface area contributed by atoms with Crippen molar-refractivity contribution >= 4 is 16.9 Å². The lowest BCUT2D eigenvalue weighted by Gasteiger charge is -2.23. The van der Waals surface area contributed by atoms with Gasteiger partial charge in [-0.15, -0.1) is 0 Å². The predicted molar refractivity (Wildman–Crippen MR) is 111 cm³/mol. The van der Waals surface area contributed by atoms with Gasteiger partial charge >= 0.3 is 5.97 Å². The molecule has 0 saturated heterocycles. The average Bonchev–Trinajstić information content (AvgIpc) is 3.45. The van der Waals surface area contributed by atoms with E-state index in [1.807, 2.05) is 34.9 Å². The highest BCUT2D eigenvalue weighted by atomic mass is 16.7. The van der Waals surface area contributed by atoms with Crippen LogP contribution in [0.15, 0.2) is 30.3 Å². The van der Waals surface area contributed by atoms with E-state index in [4.69, 9.17) is 14.2 Å². The Morgan fingerprint density at radius 1 is 1.10 bits per heavy atom. The number of hydrogen-bond donors (Lipinski definition) is 1. The van der Waals surface area contributed by atoms with Crippen molar-refractivity contribution in [1.82, 2.24) is 4.57 Å². The zero-order chi connectivity index (χ0) is 20.4. The molecule has 1 atom stereocenters. The van der Waals surface area contributed by atoms with Gasteiger partial charge in [-0.3, -0.25) is 0 Å². The summed E-state index contributed by atoms with van der Waals surface area (Å²) in [7, 11) is 1.38. The molecule has 0 spiro atoms. The molecule has 2 aliphatic heterocycles. The lowest BCUT2D eigenvalue weighted by atomic mass is 9.81. The van der Waals surface area contributed by atoms with Gasteiger partial charge in [-0.2, -0.15) is 0 Å². The second-order valence-corrected chi connectivity index (χ2v) is 8.36. The summed E-state index contributed by atoms with van der Waals surface area (Å²) in [5, 5.41) is 12.4. The Kier molecular flexibility index (Phi) is 3.87. The van der Waals surface area contributed by atoms with E-state index < -0.39 is 6.23 Å². The van der Waals surface area contributed by atoms with Crippen LogP contribution in [0, 0.1) is 0 Å². The number of aliphatic hydroxyl groups excluding tert-OH is 1. The Labute approximate surface area is 174 Å². The van der Waals surface area contributed by atoms with Crippen LogP contribution < -0.4 is 9.47 Å². The number of aromatic nitrogens is 1. The van der Waals surface area contributed by atoms with E-state index in [2.05, 4.69) is 0 Å². The van der Waals surface area contributed by atoms with Gasteiger partial charge in [-0.1, -0.05) is 25.3 Å². The molecular formula is C24H23NO5. The van der Waals surface area contributed by atoms with Crippen molar-refractivity contribution in [3.8, 4) is 22.8 Å². The van der Waals surface area contributed by atoms with Crippen molar-refractivity contribution < 1.29 is 24.1 Å². The normalized spacial score (nSPS) is 19.7. The molecule has 0 radical (unpaired) electrons. The van der Waals surface area contributed by atoms with Crippen LogP contribution in [0.1, 0.15) is 65.7 Å². The lowest BCUT2D eigenvalue weighted by Crippen LogP contribution is -2.06. The van der Waals surface area contributed by atoms with E-state index in [0.717, 1.165) is 40.6 Å². The molecule has 1 unspecified atom stereocenters. The van der Waals surface area contributed by atoms with Gasteiger partial charge in [-0.05, 0) is 48.6 Å². The molecule has 6 heteroatoms. The van der Waals surface area contributed by atoms with Crippen LogP contribution in [0.25, 0.3) is 22.2 Å². The summed E-state index contributed by atoms with van der Waals surface area (Å²) in [5.74, 6) is 1.43. The zero-order valence-corrected chi connectivity index (χ0v) is 16.8. The topological polar surface area (TPSA) is 69.9 Å². The summed E-state index contributed by atoms with van der Waals surface area (Å²) < 4.78 is 18.1. The molecule has 1 aliphatic carbocycles. The number of carbonyl (C=O) groups is 1. The van der Waals surface area contributed by atoms with Crippen LogP contribution >= 0.6 is 0 Å². The number of ether oxygens (including phenoxy) is 3. The van der Waals surface area contributed by atoms with Crippen LogP contribution in [-0.2, 0) is 4.74 Å². The van der Waals surface area contributed by atoms with Gasteiger partial charge in [0.15, 0.2) is 17.7 Å². The summed E-state index contributed by atoms with van der Waals surface area (Å²) in [6.07, 6.45) is 5.15. The fourth-order valence-corrected chi connectivity index (χ4v) is 5.43. The smallest absolute Gasteiger partial charge is 0.337 e. The number of benzene rings is 2. The third kappa shape index (κ3) is 2.37. The first-order chi connectivity index (χ1) is 14.7. The van der Waals surface area contributed by atoms with Gasteiger partial charge in [-0.25, -0.2) is 4.79 Å². The molecular weight excluding hydrogens is 382 g/mol. The minimum absolute atomic E-state index is 0.204. The molecule has 154 valence electrons. The van der Waals surface area contributed by atoms with Gasteiger partial charge in [0.1, 0.15) is 0 Å². The second-order valence-electron chi connectivity index (χ2n) is 8.36. The third-order valence-corrected chi connectivity index (χ3v) is 6.80. The molecule has 3 heterocycles. The monoisotopic (exact) mass is 405 g/mol. The molecule has 0 bridgehead atoms. The summed E-state index contributed by atoms with van der Waals surface area (Å²) in [6, 6.07) is 9.55. The quantitative estimate of drug-likeness (QED) is 0.625. The molecule has 30 heavy (non-hydrogen) atoms. The van der Waals surface area contributed by atoms with E-state index in [1.165, 1.54) is 31.9 Å². The predicted octanol–water partition coefficient (Wildman–Crippen LogP) is 4.72. The summed E-state index contributed by atoms with van der Waals surface area (Å²) in [4.78, 5) is 12.2. The molecule has 3 aliphatic rings. The molecule has 1 fully saturated rings. The highest BCUT2D eigenvalue weighted by Crippen LogP contribution is 2.53. The van der Waals surface area contributed by atoms with Gasteiger partial charge in [0.25, 0.3) is 0 Å². The maximum atomic E-state index is 12.2. The van der Waals surface area contributed by atoms with Gasteiger partial charge in [0, 0.05) is 16.5 Å². The third-order valence-electron chi connectivity index (χ3n) is 6.80. The van der Waals surface area contributed by atoms with E-state index in [1.54, 1.807) is 0 Å². The van der Waals surface area contributed by atoms with E-state index in [9.17, 15) is 9.90 Å². The fourth-order valence-electron chi connectivity index (χ4n) is 5.43. The number of rotatable bonds is 2. The molecule has 3 aromatic rings. The molecule has 1 N–H and O–H groups in total. The molecule has 6 nitrogen and oxygen atoms in total. The van der Waals surface area contributed by atoms with Gasteiger partial charge < -0.3 is 23.9 Å². The number of carbonyl (C=O) groups excluding carboxylic acids is 1. The molecule has 2 aromatic carbocycles. The first kappa shape index (κ1) is 17.8. The zero-order valence-electron chi connectivity index (χ0n) is 16.8. The SMILES string of the molecule is COC(=O)c1ccc2c(C3CCCCC3)c3n(c2c1)C(O)c1cc2c(cc1-3)OCO2. The Morgan fingerprint density at radius 2 is 1.87 bits per heavy atom. The van der Waals surface area contributed by atoms with Crippen LogP contribution in [0.3, 0.4) is 0 Å². The van der Waals surface area contributed by atoms with E-state index in [0.29, 0.717) is 23.0 Å². The summed E-state index contributed by atoms with van der Waals surface area (Å²) >= 11 is 0. The standard InChI is InChI=1S/C24H23NO5/c1-28-24(27)14-7-8-15-18(9-14)25-22(21(15)13-5-3-2-4-6-13)16-10-19-20(30-12-29-19)11-17(16)23(25)26/h7-11,13,23,26H,2-6,12H2,1H3. The molecule has 1 aromatic heterocycles. The summed E-state index contributed by atoms with van der Waals surface area (Å²) in [6.45, 7) is 0.204. The summed E-state index contributed by atoms with van der Waals surface area (Å²) in [5.41, 5.74) is 5.47. The molecule has 0 amide bonds. The van der Waals surface area contributed by atoms with Crippen molar-refractivity contribution in [3.63, 3.8) is 0 Å². The fraction of sp³-hybridized carbons (Fsp3) is 0.375. The van der Waals surface area contributed by atoms with Crippen molar-refractivity contribution in [1.29, 1.82) is 0 Å². The number of esters is 1. The Hall–Kier alpha value is -2.99. The molecule has 6 rings (SSSR count). The maximum Gasteiger partial charge on any atom is 0.337 e. The van der Waals surface area contributed by atoms with Gasteiger partial charge in [0.05, 0.1) is 23.9 Å². The van der Waals surface area contributed by atoms with Crippen molar-refractivity contribution in [2.24, 2.45) is 0 Å². The van der Waals surface area contributed by atoms with Crippen molar-refractivity contribution in [2.45, 2.75) is 44.2 Å². The van der Waals surface area contributed by atoms with Crippen LogP contribution in [0.4, 0.5) is 0 Å². The maximum absolute atomic E-state index is 12.2. The van der Waals surface area contributed by atoms with Crippen molar-refractivity contribution in [3.05, 3.63) is 47.0 Å². The minimum atomic E-state index is -0.836. The van der Waals surface area contributed by atoms with Crippen LogP contribution in [0.2, 0.25) is 0 Å². The second kappa shape index (κ2) is 6.51. The number of nitrogens with zero attached hydrogens (tertiary/aromatic N) is 1. The largest absolute Gasteiger partial charge is 0.465 e. The first-order valence-electron chi connectivity index (χ1n) is 10.6. The van der Waals surface area contributed by atoms with Crippen molar-refractivity contribution in [2.75, 3.05) is 13.9 Å². The Bertz CT molecular complexity index is 1190. The Balaban J connectivity index is 1.64. The van der Waals surface area contributed by atoms with Gasteiger partial charge in [0.2, 0.25) is 6.79 Å². The highest BCUT2D eigenvalue weighted by Gasteiger charge is 2.37. The first-order valence-corrected chi connectivity index (χ1v) is 10.6. The highest BCUT2D eigenvalue weighted by molar-refractivity contribution is 6.00. The van der Waals surface area contributed by atoms with Crippen LogP contribution in [0.5, 0.6) is 11.5 Å². The number of fused-ring (bicyclic) bond motifs is 6. The Morgan fingerprint density at radius 3 is 2.63 bits per heavy atom.